The fourth-order valence-corrected chi connectivity index (χ4v) is 14.0. The molecule has 0 aromatic heterocycles. The van der Waals surface area contributed by atoms with Gasteiger partial charge in [0.15, 0.2) is 23.0 Å². The van der Waals surface area contributed by atoms with E-state index in [1.54, 1.807) is 28.4 Å². The van der Waals surface area contributed by atoms with Crippen molar-refractivity contribution in [2.75, 3.05) is 28.4 Å². The van der Waals surface area contributed by atoms with Crippen molar-refractivity contribution in [2.45, 2.75) is 37.9 Å². The van der Waals surface area contributed by atoms with Crippen molar-refractivity contribution in [1.82, 2.24) is 0 Å². The van der Waals surface area contributed by atoms with Crippen LogP contribution in [0.2, 0.25) is 0 Å². The van der Waals surface area contributed by atoms with Crippen molar-refractivity contribution in [3.8, 4) is 34.5 Å². The Morgan fingerprint density at radius 2 is 0.821 bits per heavy atom. The summed E-state index contributed by atoms with van der Waals surface area (Å²) in [5, 5.41) is 7.13. The van der Waals surface area contributed by atoms with E-state index < -0.39 is 21.6 Å². The van der Waals surface area contributed by atoms with E-state index in [0.717, 1.165) is 88.3 Å². The first-order chi connectivity index (χ1) is 27.6. The fraction of sp³-hybridized carbons (Fsp3) is 0.250. The normalized spacial score (nSPS) is 19.4. The van der Waals surface area contributed by atoms with Crippen LogP contribution in [0.4, 0.5) is 0 Å². The Hall–Kier alpha value is -5.02. The summed E-state index contributed by atoms with van der Waals surface area (Å²) in [6.45, 7) is 0. The van der Waals surface area contributed by atoms with Crippen molar-refractivity contribution < 1.29 is 28.4 Å². The van der Waals surface area contributed by atoms with Crippen LogP contribution in [0.3, 0.4) is 0 Å². The second kappa shape index (κ2) is 15.5. The number of hydrogen-bond donors (Lipinski definition) is 0. The second-order valence-electron chi connectivity index (χ2n) is 14.5. The highest BCUT2D eigenvalue weighted by Crippen LogP contribution is 2.59. The van der Waals surface area contributed by atoms with Gasteiger partial charge in [-0.3, -0.25) is 0 Å². The van der Waals surface area contributed by atoms with Crippen LogP contribution in [-0.2, 0) is 12.8 Å². The Morgan fingerprint density at radius 1 is 0.482 bits per heavy atom. The third-order valence-corrected chi connectivity index (χ3v) is 16.5. The van der Waals surface area contributed by atoms with Crippen molar-refractivity contribution in [3.63, 3.8) is 0 Å². The van der Waals surface area contributed by atoms with E-state index in [0.29, 0.717) is 0 Å². The first-order valence-electron chi connectivity index (χ1n) is 19.3. The van der Waals surface area contributed by atoms with Crippen LogP contribution in [0, 0.1) is 11.8 Å². The van der Waals surface area contributed by atoms with Crippen molar-refractivity contribution in [2.24, 2.45) is 11.8 Å². The lowest BCUT2D eigenvalue weighted by molar-refractivity contribution is -0.225. The maximum atomic E-state index is 7.75. The van der Waals surface area contributed by atoms with Gasteiger partial charge in [0.25, 0.3) is 5.79 Å². The molecular weight excluding hydrogens is 734 g/mol. The molecule has 0 saturated heterocycles. The summed E-state index contributed by atoms with van der Waals surface area (Å²) in [6.07, 6.45) is 4.52. The molecule has 9 rings (SSSR count). The van der Waals surface area contributed by atoms with E-state index >= 15 is 0 Å². The van der Waals surface area contributed by atoms with E-state index in [-0.39, 0.29) is 11.8 Å². The van der Waals surface area contributed by atoms with Crippen LogP contribution in [0.15, 0.2) is 133 Å². The molecule has 1 fully saturated rings. The van der Waals surface area contributed by atoms with E-state index in [1.165, 1.54) is 21.2 Å². The molecule has 6 aromatic carbocycles. The minimum absolute atomic E-state index is 0.0797. The van der Waals surface area contributed by atoms with Gasteiger partial charge < -0.3 is 28.4 Å². The van der Waals surface area contributed by atoms with Gasteiger partial charge >= 0.3 is 0 Å². The average Bonchev–Trinajstić information content (AvgIpc) is 3.26. The number of rotatable bonds is 10. The maximum absolute atomic E-state index is 7.75. The van der Waals surface area contributed by atoms with Gasteiger partial charge in [0.1, 0.15) is 11.5 Å². The lowest BCUT2D eigenvalue weighted by atomic mass is 9.68. The third kappa shape index (κ3) is 6.19. The highest BCUT2D eigenvalue weighted by molar-refractivity contribution is 7.80. The zero-order valence-corrected chi connectivity index (χ0v) is 34.0. The SMILES string of the molecule is COc1cc(P(c2ccccc2)c2ccccc2)c2c(c1OC)C[C@H]1CCC[C@@H]3Cc4c(OC)c(OC)cc(P(c5ccccc5)c5ccccc5)c4OC13O2. The number of fused-ring (bicyclic) bond motifs is 2. The predicted molar refractivity (Wildman–Crippen MR) is 229 cm³/mol. The zero-order valence-electron chi connectivity index (χ0n) is 32.2. The Balaban J connectivity index is 1.28. The number of ether oxygens (including phenoxy) is 6. The van der Waals surface area contributed by atoms with E-state index in [9.17, 15) is 0 Å². The molecule has 0 bridgehead atoms. The summed E-state index contributed by atoms with van der Waals surface area (Å²) in [5.74, 6) is 3.86. The quantitative estimate of drug-likeness (QED) is 0.132. The molecule has 1 saturated carbocycles. The third-order valence-electron chi connectivity index (χ3n) is 11.6. The summed E-state index contributed by atoms with van der Waals surface area (Å²) in [5.41, 5.74) is 2.10. The number of benzene rings is 6. The van der Waals surface area contributed by atoms with Crippen LogP contribution < -0.4 is 60.2 Å². The van der Waals surface area contributed by atoms with Crippen LogP contribution >= 0.6 is 15.8 Å². The summed E-state index contributed by atoms with van der Waals surface area (Å²) >= 11 is 0. The molecule has 2 heterocycles. The molecule has 1 spiro atoms. The van der Waals surface area contributed by atoms with Gasteiger partial charge in [0, 0.05) is 33.6 Å². The van der Waals surface area contributed by atoms with Crippen molar-refractivity contribution in [3.05, 3.63) is 145 Å². The topological polar surface area (TPSA) is 55.4 Å². The van der Waals surface area contributed by atoms with Crippen LogP contribution in [-0.4, -0.2) is 34.2 Å². The lowest BCUT2D eigenvalue weighted by Gasteiger charge is -2.54. The molecule has 0 N–H and O–H groups in total. The predicted octanol–water partition coefficient (Wildman–Crippen LogP) is 7.92. The number of hydrogen-bond acceptors (Lipinski definition) is 6. The van der Waals surface area contributed by atoms with Crippen molar-refractivity contribution >= 4 is 47.7 Å². The first kappa shape index (κ1) is 36.6. The monoisotopic (exact) mass is 780 g/mol. The first-order valence-corrected chi connectivity index (χ1v) is 22.0. The van der Waals surface area contributed by atoms with Crippen LogP contribution in [0.1, 0.15) is 30.4 Å². The van der Waals surface area contributed by atoms with Gasteiger partial charge in [0.2, 0.25) is 0 Å². The summed E-state index contributed by atoms with van der Waals surface area (Å²) in [4.78, 5) is 0. The molecule has 2 aliphatic heterocycles. The van der Waals surface area contributed by atoms with Gasteiger partial charge in [-0.25, -0.2) is 0 Å². The molecule has 6 aromatic rings. The molecule has 56 heavy (non-hydrogen) atoms. The molecule has 0 radical (unpaired) electrons. The lowest BCUT2D eigenvalue weighted by Crippen LogP contribution is -2.62. The Kier molecular flexibility index (Phi) is 10.1. The van der Waals surface area contributed by atoms with E-state index in [4.69, 9.17) is 28.4 Å². The van der Waals surface area contributed by atoms with Crippen molar-refractivity contribution in [1.29, 1.82) is 0 Å². The van der Waals surface area contributed by atoms with Gasteiger partial charge in [0.05, 0.1) is 28.4 Å². The van der Waals surface area contributed by atoms with Crippen LogP contribution in [0.5, 0.6) is 34.5 Å². The Labute approximate surface area is 332 Å². The molecule has 284 valence electrons. The summed E-state index contributed by atoms with van der Waals surface area (Å²) < 4.78 is 40.1. The van der Waals surface area contributed by atoms with Gasteiger partial charge in [-0.2, -0.15) is 0 Å². The van der Waals surface area contributed by atoms with Crippen LogP contribution in [0.25, 0.3) is 0 Å². The molecule has 0 amide bonds. The fourth-order valence-electron chi connectivity index (χ4n) is 9.17. The van der Waals surface area contributed by atoms with Gasteiger partial charge in [-0.1, -0.05) is 128 Å². The highest BCUT2D eigenvalue weighted by atomic mass is 31.1. The smallest absolute Gasteiger partial charge is 0.257 e. The maximum Gasteiger partial charge on any atom is 0.257 e. The molecule has 8 heteroatoms. The Morgan fingerprint density at radius 3 is 1.12 bits per heavy atom. The van der Waals surface area contributed by atoms with E-state index in [2.05, 4.69) is 133 Å². The average molecular weight is 781 g/mol. The zero-order chi connectivity index (χ0) is 38.2. The summed E-state index contributed by atoms with van der Waals surface area (Å²) in [7, 11) is 4.83. The minimum Gasteiger partial charge on any atom is -0.493 e. The highest BCUT2D eigenvalue weighted by Gasteiger charge is 2.59. The standard InChI is InChI=1S/C48H46O6P2/c1-49-40-30-42(55(34-20-9-5-10-21-34)35-22-11-6-12-23-35)46-38(44(40)51-3)28-32-18-17-19-33-29-39-45(52-4)41(50-2)31-43(47(39)54-48(32,33)53-46)56(36-24-13-7-14-25-36)37-26-15-8-16-27-37/h5-16,20-27,30-33H,17-19,28-29H2,1-4H3/t32-,33-,48?/m1/s1. The molecule has 3 aliphatic rings. The molecule has 2 atom stereocenters. The molecule has 6 nitrogen and oxygen atoms in total. The summed E-state index contributed by atoms with van der Waals surface area (Å²) in [6, 6.07) is 47.4. The molecule has 1 aliphatic carbocycles. The largest absolute Gasteiger partial charge is 0.493 e. The van der Waals surface area contributed by atoms with E-state index in [1.807, 2.05) is 0 Å². The minimum atomic E-state index is -1.05. The van der Waals surface area contributed by atoms with Gasteiger partial charge in [-0.15, -0.1) is 0 Å². The second-order valence-corrected chi connectivity index (χ2v) is 18.9. The molecular formula is C48H46O6P2. The number of methoxy groups -OCH3 is 4. The van der Waals surface area contributed by atoms with Gasteiger partial charge in [-0.05, 0) is 74.9 Å². The molecule has 0 unspecified atom stereocenters. The Bertz CT molecular complexity index is 2080.